The molecule has 49 heavy (non-hydrogen) atoms. The third-order valence-corrected chi connectivity index (χ3v) is 14.8. The average Bonchev–Trinajstić information content (AvgIpc) is 3.02. The molecule has 0 heterocycles. The predicted molar refractivity (Wildman–Crippen MR) is 202 cm³/mol. The molecule has 4 aliphatic carbocycles. The summed E-state index contributed by atoms with van der Waals surface area (Å²) in [5.41, 5.74) is 3.50. The molecule has 6 rings (SSSR count). The Morgan fingerprint density at radius 1 is 0.347 bits per heavy atom. The topological polar surface area (TPSA) is 74.6 Å². The quantitative estimate of drug-likeness (QED) is 0.316. The third kappa shape index (κ3) is 9.27. The van der Waals surface area contributed by atoms with Crippen molar-refractivity contribution < 1.29 is 18.6 Å². The Morgan fingerprint density at radius 3 is 0.735 bits per heavy atom. The molecule has 0 aromatic heterocycles. The van der Waals surface area contributed by atoms with E-state index < -0.39 is 9.84 Å². The lowest BCUT2D eigenvalue weighted by atomic mass is 9.81. The fraction of sp³-hybridized carbons (Fsp3) is 0.727. The van der Waals surface area contributed by atoms with Gasteiger partial charge in [-0.3, -0.25) is 0 Å². The summed E-state index contributed by atoms with van der Waals surface area (Å²) in [5.74, 6) is 1.53. The summed E-state index contributed by atoms with van der Waals surface area (Å²) >= 11 is 0. The van der Waals surface area contributed by atoms with Crippen LogP contribution >= 0.6 is 0 Å². The molecule has 4 nitrogen and oxygen atoms in total. The maximum Gasteiger partial charge on any atom is 0.206 e. The SMILES string of the molecule is O=S(=O)(c1cc(C2CCCCCCC2)c(O)c(C2CCCCCCC2)c1)c1cc(C2CCCCCCC2)c(O)c(C2CCCCCCC2)c1. The van der Waals surface area contributed by atoms with Crippen LogP contribution in [0.2, 0.25) is 0 Å². The Kier molecular flexibility index (Phi) is 13.5. The molecule has 0 aliphatic heterocycles. The molecular weight excluding hydrogens is 625 g/mol. The maximum absolute atomic E-state index is 15.1. The van der Waals surface area contributed by atoms with Crippen LogP contribution in [0.5, 0.6) is 11.5 Å². The van der Waals surface area contributed by atoms with Crippen molar-refractivity contribution in [2.24, 2.45) is 0 Å². The molecular formula is C44H66O4S. The third-order valence-electron chi connectivity index (χ3n) is 13.1. The summed E-state index contributed by atoms with van der Waals surface area (Å²) in [5, 5.41) is 24.0. The van der Waals surface area contributed by atoms with Crippen LogP contribution < -0.4 is 0 Å². The van der Waals surface area contributed by atoms with Crippen LogP contribution in [0, 0.1) is 0 Å². The first-order valence-corrected chi connectivity index (χ1v) is 22.4. The minimum atomic E-state index is -3.90. The lowest BCUT2D eigenvalue weighted by molar-refractivity contribution is 0.402. The minimum absolute atomic E-state index is 0.193. The van der Waals surface area contributed by atoms with Gasteiger partial charge in [-0.25, -0.2) is 8.42 Å². The summed E-state index contributed by atoms with van der Waals surface area (Å²) in [6.07, 6.45) is 32.0. The van der Waals surface area contributed by atoms with Gasteiger partial charge in [0, 0.05) is 0 Å². The molecule has 2 N–H and O–H groups in total. The molecule has 4 fully saturated rings. The number of rotatable bonds is 6. The second-order valence-electron chi connectivity index (χ2n) is 16.6. The fourth-order valence-corrected chi connectivity index (χ4v) is 11.5. The van der Waals surface area contributed by atoms with Crippen molar-refractivity contribution in [3.8, 4) is 11.5 Å². The van der Waals surface area contributed by atoms with E-state index >= 15 is 8.42 Å². The number of sulfone groups is 1. The van der Waals surface area contributed by atoms with Crippen molar-refractivity contribution in [2.45, 2.75) is 213 Å². The van der Waals surface area contributed by atoms with Gasteiger partial charge in [-0.15, -0.1) is 0 Å². The molecule has 2 aromatic carbocycles. The highest BCUT2D eigenvalue weighted by Gasteiger charge is 2.31. The summed E-state index contributed by atoms with van der Waals surface area (Å²) in [4.78, 5) is 0.717. The summed E-state index contributed by atoms with van der Waals surface area (Å²) < 4.78 is 30.2. The number of benzene rings is 2. The number of hydrogen-bond acceptors (Lipinski definition) is 4. The molecule has 0 radical (unpaired) electrons. The summed E-state index contributed by atoms with van der Waals surface area (Å²) in [6.45, 7) is 0. The zero-order valence-electron chi connectivity index (χ0n) is 30.5. The van der Waals surface area contributed by atoms with Crippen LogP contribution in [0.1, 0.15) is 226 Å². The van der Waals surface area contributed by atoms with Crippen molar-refractivity contribution in [3.63, 3.8) is 0 Å². The second kappa shape index (κ2) is 18.0. The van der Waals surface area contributed by atoms with E-state index in [-0.39, 0.29) is 23.7 Å². The molecule has 0 bridgehead atoms. The van der Waals surface area contributed by atoms with E-state index in [1.54, 1.807) is 0 Å². The summed E-state index contributed by atoms with van der Waals surface area (Å²) in [7, 11) is -3.90. The molecule has 2 aromatic rings. The monoisotopic (exact) mass is 690 g/mol. The Bertz CT molecular complexity index is 1240. The first-order valence-electron chi connectivity index (χ1n) is 20.9. The first kappa shape index (κ1) is 36.8. The van der Waals surface area contributed by atoms with Crippen LogP contribution in [0.3, 0.4) is 0 Å². The van der Waals surface area contributed by atoms with E-state index in [1.807, 2.05) is 24.3 Å². The summed E-state index contributed by atoms with van der Waals surface area (Å²) in [6, 6.07) is 7.50. The van der Waals surface area contributed by atoms with E-state index in [0.717, 1.165) is 125 Å². The van der Waals surface area contributed by atoms with Crippen LogP contribution in [-0.4, -0.2) is 18.6 Å². The van der Waals surface area contributed by atoms with Gasteiger partial charge in [-0.05, 0) is 122 Å². The van der Waals surface area contributed by atoms with Crippen LogP contribution in [-0.2, 0) is 9.84 Å². The fourth-order valence-electron chi connectivity index (χ4n) is 10.1. The number of hydrogen-bond donors (Lipinski definition) is 2. The molecule has 0 atom stereocenters. The molecule has 4 aliphatic rings. The highest BCUT2D eigenvalue weighted by atomic mass is 32.2. The van der Waals surface area contributed by atoms with Gasteiger partial charge in [0.2, 0.25) is 9.84 Å². The Balaban J connectivity index is 1.47. The Morgan fingerprint density at radius 2 is 0.531 bits per heavy atom. The first-order chi connectivity index (χ1) is 23.9. The van der Waals surface area contributed by atoms with E-state index in [1.165, 1.54) is 77.0 Å². The van der Waals surface area contributed by atoms with Gasteiger partial charge in [0.05, 0.1) is 9.79 Å². The van der Waals surface area contributed by atoms with Crippen LogP contribution in [0.15, 0.2) is 34.1 Å². The molecule has 4 saturated carbocycles. The van der Waals surface area contributed by atoms with Gasteiger partial charge in [-0.2, -0.15) is 0 Å². The molecule has 5 heteroatoms. The van der Waals surface area contributed by atoms with Gasteiger partial charge in [0.15, 0.2) is 0 Å². The second-order valence-corrected chi connectivity index (χ2v) is 18.5. The van der Waals surface area contributed by atoms with Crippen molar-refractivity contribution in [1.29, 1.82) is 0 Å². The van der Waals surface area contributed by atoms with E-state index in [9.17, 15) is 10.2 Å². The zero-order chi connectivity index (χ0) is 34.1. The molecule has 0 saturated heterocycles. The Labute approximate surface area is 298 Å². The van der Waals surface area contributed by atoms with Crippen molar-refractivity contribution in [1.82, 2.24) is 0 Å². The lowest BCUT2D eigenvalue weighted by Gasteiger charge is -2.28. The van der Waals surface area contributed by atoms with Crippen molar-refractivity contribution in [2.75, 3.05) is 0 Å². The van der Waals surface area contributed by atoms with Crippen molar-refractivity contribution >= 4 is 9.84 Å². The number of phenols is 2. The standard InChI is InChI=1S/C44H66O4S/c45-43-39(33-21-13-5-1-6-14-22-33)29-37(30-40(43)34-23-15-7-2-8-16-24-34)49(47,48)38-31-41(35-25-17-9-3-10-18-26-35)44(46)42(32-38)36-27-19-11-4-12-20-28-36/h29-36,45-46H,1-28H2. The van der Waals surface area contributed by atoms with Gasteiger partial charge in [0.1, 0.15) is 11.5 Å². The molecule has 0 amide bonds. The van der Waals surface area contributed by atoms with Crippen LogP contribution in [0.4, 0.5) is 0 Å². The highest BCUT2D eigenvalue weighted by molar-refractivity contribution is 7.91. The number of aromatic hydroxyl groups is 2. The van der Waals surface area contributed by atoms with E-state index in [0.29, 0.717) is 21.3 Å². The average molecular weight is 691 g/mol. The van der Waals surface area contributed by atoms with Gasteiger partial charge < -0.3 is 10.2 Å². The van der Waals surface area contributed by atoms with Gasteiger partial charge in [0.25, 0.3) is 0 Å². The molecule has 272 valence electrons. The highest BCUT2D eigenvalue weighted by Crippen LogP contribution is 2.47. The van der Waals surface area contributed by atoms with Crippen molar-refractivity contribution in [3.05, 3.63) is 46.5 Å². The largest absolute Gasteiger partial charge is 0.507 e. The Hall–Kier alpha value is -2.01. The minimum Gasteiger partial charge on any atom is -0.507 e. The smallest absolute Gasteiger partial charge is 0.206 e. The zero-order valence-corrected chi connectivity index (χ0v) is 31.4. The molecule has 0 unspecified atom stereocenters. The molecule has 0 spiro atoms. The van der Waals surface area contributed by atoms with E-state index in [2.05, 4.69) is 0 Å². The maximum atomic E-state index is 15.1. The number of phenolic OH excluding ortho intramolecular Hbond substituents is 2. The van der Waals surface area contributed by atoms with Gasteiger partial charge in [-0.1, -0.05) is 128 Å². The van der Waals surface area contributed by atoms with Crippen LogP contribution in [0.25, 0.3) is 0 Å². The normalized spacial score (nSPS) is 22.9. The lowest BCUT2D eigenvalue weighted by Crippen LogP contribution is -2.13. The van der Waals surface area contributed by atoms with Gasteiger partial charge >= 0.3 is 0 Å². The predicted octanol–water partition coefficient (Wildman–Crippen LogP) is 13.2. The van der Waals surface area contributed by atoms with E-state index in [4.69, 9.17) is 0 Å².